The van der Waals surface area contributed by atoms with E-state index in [1.165, 1.54) is 11.3 Å². The Balaban J connectivity index is 1.53. The van der Waals surface area contributed by atoms with Crippen molar-refractivity contribution in [3.63, 3.8) is 0 Å². The Morgan fingerprint density at radius 2 is 2.23 bits per heavy atom. The number of allylic oxidation sites excluding steroid dienone is 1. The molecule has 1 fully saturated rings. The minimum atomic E-state index is 0.192. The molecule has 1 aromatic heterocycles. The predicted molar refractivity (Wildman–Crippen MR) is 97.7 cm³/mol. The maximum atomic E-state index is 12.9. The fourth-order valence-electron chi connectivity index (χ4n) is 4.53. The second-order valence-corrected chi connectivity index (χ2v) is 7.75. The van der Waals surface area contributed by atoms with E-state index in [1.54, 1.807) is 7.11 Å². The van der Waals surface area contributed by atoms with Crippen LogP contribution in [0, 0.1) is 5.92 Å². The van der Waals surface area contributed by atoms with E-state index in [-0.39, 0.29) is 11.8 Å². The first-order valence-electron chi connectivity index (χ1n) is 9.86. The van der Waals surface area contributed by atoms with E-state index in [2.05, 4.69) is 15.9 Å². The molecule has 0 spiro atoms. The Kier molecular flexibility index (Phi) is 5.41. The summed E-state index contributed by atoms with van der Waals surface area (Å²) in [4.78, 5) is 14.8. The summed E-state index contributed by atoms with van der Waals surface area (Å²) in [7, 11) is 1.74. The van der Waals surface area contributed by atoms with E-state index in [9.17, 15) is 4.79 Å². The molecule has 2 aliphatic heterocycles. The van der Waals surface area contributed by atoms with Crippen molar-refractivity contribution in [3.05, 3.63) is 29.1 Å². The van der Waals surface area contributed by atoms with Crippen molar-refractivity contribution in [1.29, 1.82) is 0 Å². The predicted octanol–water partition coefficient (Wildman–Crippen LogP) is 2.49. The number of nitrogens with zero attached hydrogens (tertiary/aromatic N) is 3. The van der Waals surface area contributed by atoms with Gasteiger partial charge in [0, 0.05) is 57.0 Å². The third kappa shape index (κ3) is 3.58. The molecule has 0 radical (unpaired) electrons. The number of aromatic nitrogens is 2. The Labute approximate surface area is 155 Å². The van der Waals surface area contributed by atoms with E-state index >= 15 is 0 Å². The topological polar surface area (TPSA) is 56.6 Å². The zero-order valence-electron chi connectivity index (χ0n) is 15.7. The van der Waals surface area contributed by atoms with Crippen molar-refractivity contribution in [1.82, 2.24) is 14.7 Å². The molecule has 1 aromatic rings. The van der Waals surface area contributed by atoms with Crippen LogP contribution in [0.5, 0.6) is 0 Å². The summed E-state index contributed by atoms with van der Waals surface area (Å²) in [6.07, 6.45) is 9.32. The van der Waals surface area contributed by atoms with Crippen LogP contribution in [-0.2, 0) is 27.4 Å². The van der Waals surface area contributed by atoms with Crippen molar-refractivity contribution in [3.8, 4) is 0 Å². The molecule has 142 valence electrons. The largest absolute Gasteiger partial charge is 0.384 e. The van der Waals surface area contributed by atoms with Crippen LogP contribution >= 0.6 is 0 Å². The average molecular weight is 359 g/mol. The SMILES string of the molecule is COC[C@H]1CN(C(=O)C2=CCCC2)Cc2cnn(CC3CCOCC3)c21. The van der Waals surface area contributed by atoms with E-state index in [4.69, 9.17) is 9.47 Å². The highest BCUT2D eigenvalue weighted by Crippen LogP contribution is 2.32. The summed E-state index contributed by atoms with van der Waals surface area (Å²) in [5, 5.41) is 4.68. The second kappa shape index (κ2) is 7.92. The fourth-order valence-corrected chi connectivity index (χ4v) is 4.53. The molecule has 1 aliphatic carbocycles. The molecular weight excluding hydrogens is 330 g/mol. The minimum absolute atomic E-state index is 0.192. The summed E-state index contributed by atoms with van der Waals surface area (Å²) in [6.45, 7) is 4.66. The van der Waals surface area contributed by atoms with Gasteiger partial charge < -0.3 is 14.4 Å². The molecule has 26 heavy (non-hydrogen) atoms. The highest BCUT2D eigenvalue weighted by atomic mass is 16.5. The lowest BCUT2D eigenvalue weighted by Gasteiger charge is -2.34. The molecular formula is C20H29N3O3. The van der Waals surface area contributed by atoms with Crippen molar-refractivity contribution < 1.29 is 14.3 Å². The molecule has 4 rings (SSSR count). The first-order valence-corrected chi connectivity index (χ1v) is 9.86. The fraction of sp³-hybridized carbons (Fsp3) is 0.700. The molecule has 6 heteroatoms. The Bertz CT molecular complexity index is 676. The van der Waals surface area contributed by atoms with Gasteiger partial charge in [0.2, 0.25) is 5.91 Å². The van der Waals surface area contributed by atoms with Crippen LogP contribution in [0.4, 0.5) is 0 Å². The molecule has 0 bridgehead atoms. The second-order valence-electron chi connectivity index (χ2n) is 7.75. The number of rotatable bonds is 5. The van der Waals surface area contributed by atoms with E-state index in [0.29, 0.717) is 19.1 Å². The van der Waals surface area contributed by atoms with Crippen LogP contribution in [0.2, 0.25) is 0 Å². The van der Waals surface area contributed by atoms with Gasteiger partial charge in [-0.15, -0.1) is 0 Å². The molecule has 6 nitrogen and oxygen atoms in total. The van der Waals surface area contributed by atoms with Crippen molar-refractivity contribution in [2.45, 2.75) is 51.1 Å². The van der Waals surface area contributed by atoms with E-state index < -0.39 is 0 Å². The summed E-state index contributed by atoms with van der Waals surface area (Å²) in [5.41, 5.74) is 3.43. The molecule has 1 atom stereocenters. The van der Waals surface area contributed by atoms with Gasteiger partial charge in [-0.1, -0.05) is 6.08 Å². The van der Waals surface area contributed by atoms with Gasteiger partial charge >= 0.3 is 0 Å². The van der Waals surface area contributed by atoms with Gasteiger partial charge in [-0.05, 0) is 38.0 Å². The van der Waals surface area contributed by atoms with Gasteiger partial charge in [-0.3, -0.25) is 9.48 Å². The molecule has 3 aliphatic rings. The molecule has 0 aromatic carbocycles. The molecule has 3 heterocycles. The smallest absolute Gasteiger partial charge is 0.249 e. The van der Waals surface area contributed by atoms with Crippen LogP contribution in [-0.4, -0.2) is 54.1 Å². The Hall–Kier alpha value is -1.66. The number of amides is 1. The third-order valence-corrected chi connectivity index (χ3v) is 5.89. The number of methoxy groups -OCH3 is 1. The number of carbonyl (C=O) groups is 1. The third-order valence-electron chi connectivity index (χ3n) is 5.89. The number of carbonyl (C=O) groups excluding carboxylic acids is 1. The molecule has 0 saturated carbocycles. The standard InChI is InChI=1S/C20H29N3O3/c1-25-14-18-13-22(20(24)16-4-2-3-5-16)12-17-10-21-23(19(17)18)11-15-6-8-26-9-7-15/h4,10,15,18H,2-3,5-9,11-14H2,1H3/t18-/m1/s1. The van der Waals surface area contributed by atoms with Crippen LogP contribution in [0.3, 0.4) is 0 Å². The lowest BCUT2D eigenvalue weighted by molar-refractivity contribution is -0.128. The van der Waals surface area contributed by atoms with Gasteiger partial charge in [0.25, 0.3) is 0 Å². The number of fused-ring (bicyclic) bond motifs is 1. The molecule has 1 amide bonds. The summed E-state index contributed by atoms with van der Waals surface area (Å²) in [6, 6.07) is 0. The van der Waals surface area contributed by atoms with E-state index in [1.807, 2.05) is 11.1 Å². The number of hydrogen-bond donors (Lipinski definition) is 0. The summed E-state index contributed by atoms with van der Waals surface area (Å²) < 4.78 is 13.1. The Morgan fingerprint density at radius 3 is 2.96 bits per heavy atom. The zero-order chi connectivity index (χ0) is 17.9. The first-order chi connectivity index (χ1) is 12.8. The maximum Gasteiger partial charge on any atom is 0.249 e. The summed E-state index contributed by atoms with van der Waals surface area (Å²) in [5.74, 6) is 1.02. The lowest BCUT2D eigenvalue weighted by Crippen LogP contribution is -2.40. The number of hydrogen-bond acceptors (Lipinski definition) is 4. The zero-order valence-corrected chi connectivity index (χ0v) is 15.7. The van der Waals surface area contributed by atoms with E-state index in [0.717, 1.165) is 64.0 Å². The molecule has 0 unspecified atom stereocenters. The highest BCUT2D eigenvalue weighted by molar-refractivity contribution is 5.94. The molecule has 1 saturated heterocycles. The van der Waals surface area contributed by atoms with Gasteiger partial charge in [-0.25, -0.2) is 0 Å². The minimum Gasteiger partial charge on any atom is -0.384 e. The van der Waals surface area contributed by atoms with Crippen LogP contribution in [0.1, 0.15) is 49.3 Å². The maximum absolute atomic E-state index is 12.9. The van der Waals surface area contributed by atoms with Gasteiger partial charge in [0.1, 0.15) is 0 Å². The van der Waals surface area contributed by atoms with Gasteiger partial charge in [0.15, 0.2) is 0 Å². The quantitative estimate of drug-likeness (QED) is 0.810. The van der Waals surface area contributed by atoms with Crippen molar-refractivity contribution in [2.75, 3.05) is 33.5 Å². The molecule has 0 N–H and O–H groups in total. The van der Waals surface area contributed by atoms with Crippen molar-refractivity contribution >= 4 is 5.91 Å². The summed E-state index contributed by atoms with van der Waals surface area (Å²) >= 11 is 0. The first kappa shape index (κ1) is 17.7. The lowest BCUT2D eigenvalue weighted by atomic mass is 9.95. The van der Waals surface area contributed by atoms with Crippen molar-refractivity contribution in [2.24, 2.45) is 5.92 Å². The van der Waals surface area contributed by atoms with Crippen LogP contribution in [0.25, 0.3) is 0 Å². The van der Waals surface area contributed by atoms with Crippen LogP contribution in [0.15, 0.2) is 17.8 Å². The van der Waals surface area contributed by atoms with Gasteiger partial charge in [-0.2, -0.15) is 5.10 Å². The highest BCUT2D eigenvalue weighted by Gasteiger charge is 2.33. The van der Waals surface area contributed by atoms with Gasteiger partial charge in [0.05, 0.1) is 18.5 Å². The average Bonchev–Trinajstić information content (AvgIpc) is 3.33. The Morgan fingerprint density at radius 1 is 1.38 bits per heavy atom. The van der Waals surface area contributed by atoms with Crippen LogP contribution < -0.4 is 0 Å². The number of ether oxygens (including phenoxy) is 2. The normalized spacial score (nSPS) is 23.8. The monoisotopic (exact) mass is 359 g/mol.